The number of ether oxygens (including phenoxy) is 2. The Bertz CT molecular complexity index is 794. The van der Waals surface area contributed by atoms with Crippen molar-refractivity contribution in [3.05, 3.63) is 52.0 Å². The zero-order valence-electron chi connectivity index (χ0n) is 14.1. The van der Waals surface area contributed by atoms with E-state index in [9.17, 15) is 18.0 Å². The van der Waals surface area contributed by atoms with Crippen LogP contribution in [0.1, 0.15) is 29.3 Å². The van der Waals surface area contributed by atoms with Crippen LogP contribution in [0.25, 0.3) is 0 Å². The molecule has 0 spiro atoms. The molecule has 1 N–H and O–H groups in total. The first-order valence-electron chi connectivity index (χ1n) is 7.75. The standard InChI is InChI=1S/C18H17BrF3NO3/c1-3-7-26-16-14(19)8-11(9-15(16)25-2)17(24)23-13-6-4-5-12(10-13)18(20,21)22/h4-6,8-10H,3,7H2,1-2H3,(H,23,24). The molecule has 1 amide bonds. The first-order valence-corrected chi connectivity index (χ1v) is 8.54. The van der Waals surface area contributed by atoms with Crippen LogP contribution in [-0.4, -0.2) is 19.6 Å². The molecular formula is C18H17BrF3NO3. The lowest BCUT2D eigenvalue weighted by atomic mass is 10.1. The number of amides is 1. The molecular weight excluding hydrogens is 415 g/mol. The quantitative estimate of drug-likeness (QED) is 0.654. The fourth-order valence-electron chi connectivity index (χ4n) is 2.17. The molecule has 0 fully saturated rings. The summed E-state index contributed by atoms with van der Waals surface area (Å²) in [5.41, 5.74) is -0.571. The molecule has 0 aliphatic heterocycles. The van der Waals surface area contributed by atoms with Gasteiger partial charge in [-0.3, -0.25) is 4.79 Å². The average molecular weight is 432 g/mol. The Morgan fingerprint density at radius 2 is 1.96 bits per heavy atom. The predicted molar refractivity (Wildman–Crippen MR) is 95.9 cm³/mol. The summed E-state index contributed by atoms with van der Waals surface area (Å²) < 4.78 is 49.7. The van der Waals surface area contributed by atoms with Gasteiger partial charge in [-0.1, -0.05) is 13.0 Å². The van der Waals surface area contributed by atoms with Crippen LogP contribution in [-0.2, 0) is 6.18 Å². The fourth-order valence-corrected chi connectivity index (χ4v) is 2.73. The summed E-state index contributed by atoms with van der Waals surface area (Å²) >= 11 is 3.33. The number of benzene rings is 2. The molecule has 0 saturated heterocycles. The van der Waals surface area contributed by atoms with Crippen LogP contribution in [0.3, 0.4) is 0 Å². The molecule has 0 aromatic heterocycles. The van der Waals surface area contributed by atoms with Crippen molar-refractivity contribution in [3.63, 3.8) is 0 Å². The molecule has 0 unspecified atom stereocenters. The summed E-state index contributed by atoms with van der Waals surface area (Å²) in [6.45, 7) is 2.43. The number of hydrogen-bond donors (Lipinski definition) is 1. The van der Waals surface area contributed by atoms with E-state index < -0.39 is 17.6 Å². The number of anilines is 1. The first-order chi connectivity index (χ1) is 12.3. The van der Waals surface area contributed by atoms with Crippen molar-refractivity contribution in [2.75, 3.05) is 19.0 Å². The van der Waals surface area contributed by atoms with Crippen LogP contribution in [0.2, 0.25) is 0 Å². The maximum absolute atomic E-state index is 12.8. The zero-order valence-corrected chi connectivity index (χ0v) is 15.7. The SMILES string of the molecule is CCCOc1c(Br)cc(C(=O)Nc2cccc(C(F)(F)F)c2)cc1OC. The smallest absolute Gasteiger partial charge is 0.416 e. The van der Waals surface area contributed by atoms with Crippen molar-refractivity contribution >= 4 is 27.5 Å². The van der Waals surface area contributed by atoms with Gasteiger partial charge in [0.1, 0.15) is 0 Å². The van der Waals surface area contributed by atoms with E-state index in [2.05, 4.69) is 21.2 Å². The number of hydrogen-bond acceptors (Lipinski definition) is 3. The summed E-state index contributed by atoms with van der Waals surface area (Å²) in [5.74, 6) is 0.248. The van der Waals surface area contributed by atoms with Crippen LogP contribution in [0.15, 0.2) is 40.9 Å². The van der Waals surface area contributed by atoms with E-state index in [0.29, 0.717) is 22.6 Å². The second-order valence-electron chi connectivity index (χ2n) is 5.37. The second-order valence-corrected chi connectivity index (χ2v) is 6.22. The monoisotopic (exact) mass is 431 g/mol. The Labute approximate surface area is 157 Å². The molecule has 2 aromatic carbocycles. The minimum Gasteiger partial charge on any atom is -0.493 e. The lowest BCUT2D eigenvalue weighted by molar-refractivity contribution is -0.137. The number of nitrogens with one attached hydrogen (secondary N) is 1. The average Bonchev–Trinajstić information content (AvgIpc) is 2.59. The van der Waals surface area contributed by atoms with Gasteiger partial charge in [0, 0.05) is 11.3 Å². The van der Waals surface area contributed by atoms with E-state index in [4.69, 9.17) is 9.47 Å². The van der Waals surface area contributed by atoms with Gasteiger partial charge in [-0.25, -0.2) is 0 Å². The van der Waals surface area contributed by atoms with E-state index in [-0.39, 0.29) is 11.3 Å². The third-order valence-corrected chi connectivity index (χ3v) is 3.98. The van der Waals surface area contributed by atoms with E-state index in [1.165, 1.54) is 31.4 Å². The van der Waals surface area contributed by atoms with Gasteiger partial charge in [0.05, 0.1) is 23.8 Å². The zero-order chi connectivity index (χ0) is 19.3. The Morgan fingerprint density at radius 1 is 1.23 bits per heavy atom. The van der Waals surface area contributed by atoms with Crippen LogP contribution in [0.5, 0.6) is 11.5 Å². The number of halogens is 4. The number of rotatable bonds is 6. The third-order valence-electron chi connectivity index (χ3n) is 3.39. The molecule has 0 radical (unpaired) electrons. The molecule has 26 heavy (non-hydrogen) atoms. The topological polar surface area (TPSA) is 47.6 Å². The Kier molecular flexibility index (Phi) is 6.52. The van der Waals surface area contributed by atoms with Gasteiger partial charge < -0.3 is 14.8 Å². The highest BCUT2D eigenvalue weighted by Crippen LogP contribution is 2.37. The molecule has 4 nitrogen and oxygen atoms in total. The fraction of sp³-hybridized carbons (Fsp3) is 0.278. The number of alkyl halides is 3. The highest BCUT2D eigenvalue weighted by atomic mass is 79.9. The molecule has 140 valence electrons. The van der Waals surface area contributed by atoms with Crippen LogP contribution in [0, 0.1) is 0 Å². The van der Waals surface area contributed by atoms with E-state index in [1.54, 1.807) is 0 Å². The van der Waals surface area contributed by atoms with Crippen LogP contribution in [0.4, 0.5) is 18.9 Å². The largest absolute Gasteiger partial charge is 0.493 e. The van der Waals surface area contributed by atoms with Gasteiger partial charge >= 0.3 is 6.18 Å². The minimum atomic E-state index is -4.48. The van der Waals surface area contributed by atoms with E-state index >= 15 is 0 Å². The highest BCUT2D eigenvalue weighted by molar-refractivity contribution is 9.10. The number of carbonyl (C=O) groups excluding carboxylic acids is 1. The van der Waals surface area contributed by atoms with Gasteiger partial charge in [0.2, 0.25) is 0 Å². The lowest BCUT2D eigenvalue weighted by Crippen LogP contribution is -2.13. The normalized spacial score (nSPS) is 11.2. The van der Waals surface area contributed by atoms with E-state index in [0.717, 1.165) is 18.6 Å². The Balaban J connectivity index is 2.26. The molecule has 2 rings (SSSR count). The van der Waals surface area contributed by atoms with Crippen molar-refractivity contribution in [2.45, 2.75) is 19.5 Å². The summed E-state index contributed by atoms with van der Waals surface area (Å²) in [5, 5.41) is 2.46. The van der Waals surface area contributed by atoms with E-state index in [1.807, 2.05) is 6.92 Å². The Hall–Kier alpha value is -2.22. The predicted octanol–water partition coefficient (Wildman–Crippen LogP) is 5.52. The van der Waals surface area contributed by atoms with Crippen molar-refractivity contribution in [2.24, 2.45) is 0 Å². The molecule has 0 aliphatic carbocycles. The summed E-state index contributed by atoms with van der Waals surface area (Å²) in [6.07, 6.45) is -3.68. The summed E-state index contributed by atoms with van der Waals surface area (Å²) in [4.78, 5) is 12.4. The van der Waals surface area contributed by atoms with Crippen molar-refractivity contribution in [3.8, 4) is 11.5 Å². The highest BCUT2D eigenvalue weighted by Gasteiger charge is 2.30. The summed E-state index contributed by atoms with van der Waals surface area (Å²) in [6, 6.07) is 7.43. The molecule has 2 aromatic rings. The van der Waals surface area contributed by atoms with Gasteiger partial charge in [0.15, 0.2) is 11.5 Å². The Morgan fingerprint density at radius 3 is 2.58 bits per heavy atom. The van der Waals surface area contributed by atoms with Crippen molar-refractivity contribution in [1.29, 1.82) is 0 Å². The lowest BCUT2D eigenvalue weighted by Gasteiger charge is -2.14. The summed E-state index contributed by atoms with van der Waals surface area (Å²) in [7, 11) is 1.44. The first kappa shape index (κ1) is 20.1. The minimum absolute atomic E-state index is 0.0474. The van der Waals surface area contributed by atoms with Crippen molar-refractivity contribution < 1.29 is 27.4 Å². The third kappa shape index (κ3) is 4.91. The van der Waals surface area contributed by atoms with Gasteiger partial charge in [-0.2, -0.15) is 13.2 Å². The maximum Gasteiger partial charge on any atom is 0.416 e. The van der Waals surface area contributed by atoms with Crippen LogP contribution >= 0.6 is 15.9 Å². The molecule has 0 saturated carbocycles. The van der Waals surface area contributed by atoms with Crippen molar-refractivity contribution in [1.82, 2.24) is 0 Å². The molecule has 0 atom stereocenters. The van der Waals surface area contributed by atoms with Gasteiger partial charge in [-0.15, -0.1) is 0 Å². The maximum atomic E-state index is 12.8. The molecule has 0 aliphatic rings. The van der Waals surface area contributed by atoms with Gasteiger partial charge in [0.25, 0.3) is 5.91 Å². The van der Waals surface area contributed by atoms with Crippen LogP contribution < -0.4 is 14.8 Å². The molecule has 0 bridgehead atoms. The molecule has 8 heteroatoms. The number of methoxy groups -OCH3 is 1. The second kappa shape index (κ2) is 8.44. The molecule has 0 heterocycles. The number of carbonyl (C=O) groups is 1. The van der Waals surface area contributed by atoms with Gasteiger partial charge in [-0.05, 0) is 52.7 Å².